The number of hydrogen-bond acceptors (Lipinski definition) is 5. The maximum absolute atomic E-state index is 13.5. The monoisotopic (exact) mass is 582 g/mol. The van der Waals surface area contributed by atoms with Crippen LogP contribution in [0.2, 0.25) is 0 Å². The van der Waals surface area contributed by atoms with Crippen LogP contribution in [0.5, 0.6) is 0 Å². The van der Waals surface area contributed by atoms with Crippen LogP contribution in [-0.2, 0) is 26.2 Å². The van der Waals surface area contributed by atoms with Gasteiger partial charge in [-0.25, -0.2) is 0 Å². The van der Waals surface area contributed by atoms with Crippen LogP contribution in [-0.4, -0.2) is 82.7 Å². The molecule has 2 unspecified atom stereocenters. The van der Waals surface area contributed by atoms with E-state index >= 15 is 0 Å². The number of carbonyl (C=O) groups excluding carboxylic acids is 3. The van der Waals surface area contributed by atoms with Gasteiger partial charge in [0.05, 0.1) is 11.5 Å². The van der Waals surface area contributed by atoms with Crippen LogP contribution >= 0.6 is 0 Å². The lowest BCUT2D eigenvalue weighted by Crippen LogP contribution is -2.59. The number of carbonyl (C=O) groups is 3. The molecule has 0 aromatic heterocycles. The van der Waals surface area contributed by atoms with Crippen molar-refractivity contribution >= 4 is 23.4 Å². The zero-order chi connectivity index (χ0) is 30.3. The SMILES string of the molecule is CC1C[C@@]2(CN1C(O)[C@H](Cc1ccccc1)N(C)C(=O)[C@H](C)NC(=O)C(F)(F)C(F)(F)F)C(=O)Nc1ccccc12. The number of aliphatic hydroxyl groups is 1. The topological polar surface area (TPSA) is 102 Å². The molecule has 2 aliphatic heterocycles. The number of benzene rings is 2. The molecule has 1 saturated heterocycles. The molecule has 8 nitrogen and oxygen atoms in total. The number of amides is 3. The Kier molecular flexibility index (Phi) is 8.16. The van der Waals surface area contributed by atoms with Gasteiger partial charge in [0.25, 0.3) is 0 Å². The van der Waals surface area contributed by atoms with Gasteiger partial charge in [-0.1, -0.05) is 48.5 Å². The molecule has 2 aliphatic rings. The van der Waals surface area contributed by atoms with Crippen molar-refractivity contribution in [3.05, 3.63) is 65.7 Å². The molecule has 2 heterocycles. The maximum Gasteiger partial charge on any atom is 0.463 e. The number of halogens is 5. The van der Waals surface area contributed by atoms with Gasteiger partial charge in [-0.05, 0) is 43.9 Å². The second-order valence-corrected chi connectivity index (χ2v) is 10.7. The number of likely N-dealkylation sites (tertiary alicyclic amines) is 1. The smallest absolute Gasteiger partial charge is 0.376 e. The summed E-state index contributed by atoms with van der Waals surface area (Å²) in [5.41, 5.74) is 1.23. The van der Waals surface area contributed by atoms with E-state index in [1.54, 1.807) is 47.4 Å². The minimum atomic E-state index is -6.13. The van der Waals surface area contributed by atoms with Gasteiger partial charge >= 0.3 is 18.0 Å². The first kappa shape index (κ1) is 30.4. The number of aliphatic hydroxyl groups excluding tert-OH is 1. The Balaban J connectivity index is 1.59. The minimum Gasteiger partial charge on any atom is -0.376 e. The quantitative estimate of drug-likeness (QED) is 0.416. The third-order valence-electron chi connectivity index (χ3n) is 7.96. The van der Waals surface area contributed by atoms with Gasteiger partial charge in [-0.2, -0.15) is 22.0 Å². The van der Waals surface area contributed by atoms with Crippen molar-refractivity contribution in [3.63, 3.8) is 0 Å². The molecular weight excluding hydrogens is 551 g/mol. The van der Waals surface area contributed by atoms with E-state index in [9.17, 15) is 41.4 Å². The lowest BCUT2D eigenvalue weighted by atomic mass is 9.80. The lowest BCUT2D eigenvalue weighted by molar-refractivity contribution is -0.270. The second-order valence-electron chi connectivity index (χ2n) is 10.7. The molecule has 5 atom stereocenters. The van der Waals surface area contributed by atoms with Crippen molar-refractivity contribution in [3.8, 4) is 0 Å². The van der Waals surface area contributed by atoms with Crippen LogP contribution in [0.4, 0.5) is 27.6 Å². The van der Waals surface area contributed by atoms with E-state index < -0.39 is 47.6 Å². The predicted molar refractivity (Wildman–Crippen MR) is 139 cm³/mol. The average Bonchev–Trinajstić information content (AvgIpc) is 3.41. The third-order valence-corrected chi connectivity index (χ3v) is 7.96. The van der Waals surface area contributed by atoms with Crippen LogP contribution in [0.15, 0.2) is 54.6 Å². The highest BCUT2D eigenvalue weighted by atomic mass is 19.4. The Morgan fingerprint density at radius 2 is 1.73 bits per heavy atom. The van der Waals surface area contributed by atoms with E-state index in [-0.39, 0.29) is 24.9 Å². The number of nitrogens with one attached hydrogen (secondary N) is 2. The minimum absolute atomic E-state index is 0.0859. The van der Waals surface area contributed by atoms with E-state index in [4.69, 9.17) is 0 Å². The molecule has 41 heavy (non-hydrogen) atoms. The van der Waals surface area contributed by atoms with E-state index in [2.05, 4.69) is 5.32 Å². The second kappa shape index (κ2) is 11.0. The Hall–Kier alpha value is -3.58. The summed E-state index contributed by atoms with van der Waals surface area (Å²) in [7, 11) is 1.28. The molecule has 0 saturated carbocycles. The summed E-state index contributed by atoms with van der Waals surface area (Å²) in [6.45, 7) is 2.94. The summed E-state index contributed by atoms with van der Waals surface area (Å²) in [6.07, 6.45) is -7.03. The fraction of sp³-hybridized carbons (Fsp3) is 0.464. The lowest BCUT2D eigenvalue weighted by Gasteiger charge is -2.39. The molecular formula is C28H31F5N4O4. The number of likely N-dealkylation sites (N-methyl/N-ethyl adjacent to an activating group) is 1. The highest BCUT2D eigenvalue weighted by Gasteiger charge is 2.63. The molecule has 1 fully saturated rings. The van der Waals surface area contributed by atoms with Gasteiger partial charge in [0, 0.05) is 25.3 Å². The van der Waals surface area contributed by atoms with Gasteiger partial charge < -0.3 is 20.6 Å². The molecule has 4 rings (SSSR count). The van der Waals surface area contributed by atoms with Crippen molar-refractivity contribution in [2.24, 2.45) is 0 Å². The number of fused-ring (bicyclic) bond motifs is 2. The standard InChI is InChI=1S/C28H31F5N4O4/c1-16-14-26(19-11-7-8-12-20(19)35-24(26)40)15-37(16)23(39)21(13-18-9-5-4-6-10-18)36(3)22(38)17(2)34-25(41)27(29,30)28(31,32)33/h4-12,16-17,21,23,39H,13-15H2,1-3H3,(H,34,41)(H,35,40)/t16?,17-,21-,23?,26-/m0/s1. The fourth-order valence-electron chi connectivity index (χ4n) is 5.71. The summed E-state index contributed by atoms with van der Waals surface area (Å²) < 4.78 is 65.0. The highest BCUT2D eigenvalue weighted by Crippen LogP contribution is 2.47. The first-order valence-electron chi connectivity index (χ1n) is 13.0. The molecule has 0 radical (unpaired) electrons. The zero-order valence-electron chi connectivity index (χ0n) is 22.6. The van der Waals surface area contributed by atoms with Crippen molar-refractivity contribution < 1.29 is 41.4 Å². The highest BCUT2D eigenvalue weighted by molar-refractivity contribution is 6.06. The predicted octanol–water partition coefficient (Wildman–Crippen LogP) is 3.06. The number of para-hydroxylation sites is 1. The van der Waals surface area contributed by atoms with E-state index in [0.717, 1.165) is 17.4 Å². The van der Waals surface area contributed by atoms with Crippen LogP contribution < -0.4 is 10.6 Å². The number of rotatable bonds is 8. The normalized spacial score (nSPS) is 23.0. The zero-order valence-corrected chi connectivity index (χ0v) is 22.6. The molecule has 3 N–H and O–H groups in total. The van der Waals surface area contributed by atoms with Crippen LogP contribution in [0.1, 0.15) is 31.4 Å². The number of anilines is 1. The van der Waals surface area contributed by atoms with Crippen molar-refractivity contribution in [1.29, 1.82) is 0 Å². The first-order chi connectivity index (χ1) is 19.1. The summed E-state index contributed by atoms with van der Waals surface area (Å²) >= 11 is 0. The Bertz CT molecular complexity index is 1310. The van der Waals surface area contributed by atoms with Crippen LogP contribution in [0, 0.1) is 0 Å². The number of alkyl halides is 5. The molecule has 2 aromatic carbocycles. The third kappa shape index (κ3) is 5.52. The fourth-order valence-corrected chi connectivity index (χ4v) is 5.71. The molecule has 0 aliphatic carbocycles. The largest absolute Gasteiger partial charge is 0.463 e. The molecule has 222 valence electrons. The van der Waals surface area contributed by atoms with Gasteiger partial charge in [0.2, 0.25) is 11.8 Å². The van der Waals surface area contributed by atoms with Crippen molar-refractivity contribution in [1.82, 2.24) is 15.1 Å². The van der Waals surface area contributed by atoms with Gasteiger partial charge in [-0.15, -0.1) is 0 Å². The maximum atomic E-state index is 13.5. The first-order valence-corrected chi connectivity index (χ1v) is 13.0. The summed E-state index contributed by atoms with van der Waals surface area (Å²) in [6, 6.07) is 12.9. The Labute approximate surface area is 233 Å². The van der Waals surface area contributed by atoms with E-state index in [0.29, 0.717) is 17.7 Å². The van der Waals surface area contributed by atoms with E-state index in [1.807, 2.05) is 19.1 Å². The summed E-state index contributed by atoms with van der Waals surface area (Å²) in [4.78, 5) is 40.8. The molecule has 2 aromatic rings. The van der Waals surface area contributed by atoms with Crippen molar-refractivity contribution in [2.45, 2.75) is 68.6 Å². The summed E-state index contributed by atoms with van der Waals surface area (Å²) in [5.74, 6) is -9.55. The van der Waals surface area contributed by atoms with Crippen LogP contribution in [0.25, 0.3) is 0 Å². The average molecular weight is 583 g/mol. The molecule has 0 bridgehead atoms. The van der Waals surface area contributed by atoms with Gasteiger partial charge in [-0.3, -0.25) is 19.3 Å². The molecule has 13 heteroatoms. The molecule has 3 amide bonds. The summed E-state index contributed by atoms with van der Waals surface area (Å²) in [5, 5.41) is 16.0. The van der Waals surface area contributed by atoms with E-state index in [1.165, 1.54) is 12.4 Å². The number of nitrogens with zero attached hydrogens (tertiary/aromatic N) is 2. The van der Waals surface area contributed by atoms with Gasteiger partial charge in [0.1, 0.15) is 12.3 Å². The Morgan fingerprint density at radius 1 is 1.12 bits per heavy atom. The van der Waals surface area contributed by atoms with Gasteiger partial charge in [0.15, 0.2) is 0 Å². The Morgan fingerprint density at radius 3 is 2.37 bits per heavy atom. The number of hydrogen-bond donors (Lipinski definition) is 3. The van der Waals surface area contributed by atoms with Crippen LogP contribution in [0.3, 0.4) is 0 Å². The molecule has 1 spiro atoms. The van der Waals surface area contributed by atoms with Crippen molar-refractivity contribution in [2.75, 3.05) is 18.9 Å².